The molecular formula is C13H12N2O. The number of nitrogens with zero attached hydrogens (tertiary/aromatic N) is 1. The molecule has 0 radical (unpaired) electrons. The Hall–Kier alpha value is -2.16. The van der Waals surface area contributed by atoms with E-state index in [2.05, 4.69) is 16.9 Å². The fourth-order valence-electron chi connectivity index (χ4n) is 1.49. The van der Waals surface area contributed by atoms with Crippen molar-refractivity contribution in [2.75, 3.05) is 5.32 Å². The molecule has 3 nitrogen and oxygen atoms in total. The summed E-state index contributed by atoms with van der Waals surface area (Å²) in [6, 6.07) is 7.90. The Morgan fingerprint density at radius 3 is 3.00 bits per heavy atom. The quantitative estimate of drug-likeness (QED) is 0.777. The van der Waals surface area contributed by atoms with E-state index >= 15 is 0 Å². The lowest BCUT2D eigenvalue weighted by molar-refractivity contribution is -0.111. The number of aryl methyl sites for hydroxylation is 1. The fraction of sp³-hybridized carbons (Fsp3) is 0.0769. The molecule has 0 aliphatic heterocycles. The van der Waals surface area contributed by atoms with E-state index in [0.29, 0.717) is 5.69 Å². The molecular weight excluding hydrogens is 200 g/mol. The van der Waals surface area contributed by atoms with E-state index in [1.807, 2.05) is 31.2 Å². The Labute approximate surface area is 93.8 Å². The number of rotatable bonds is 2. The van der Waals surface area contributed by atoms with Crippen molar-refractivity contribution in [3.8, 4) is 0 Å². The molecule has 1 heterocycles. The molecule has 16 heavy (non-hydrogen) atoms. The molecule has 0 unspecified atom stereocenters. The first-order chi connectivity index (χ1) is 7.69. The van der Waals surface area contributed by atoms with Crippen LogP contribution in [-0.2, 0) is 4.79 Å². The molecule has 0 bridgehead atoms. The molecule has 2 aromatic rings. The van der Waals surface area contributed by atoms with Crippen LogP contribution in [0.4, 0.5) is 5.69 Å². The SMILES string of the molecule is C=CC(=O)Nc1cnc2cc(C)ccc2c1. The number of pyridine rings is 1. The molecule has 1 aromatic heterocycles. The van der Waals surface area contributed by atoms with Gasteiger partial charge < -0.3 is 5.32 Å². The number of carbonyl (C=O) groups is 1. The van der Waals surface area contributed by atoms with Gasteiger partial charge in [0.1, 0.15) is 0 Å². The van der Waals surface area contributed by atoms with Crippen molar-refractivity contribution in [3.63, 3.8) is 0 Å². The Morgan fingerprint density at radius 1 is 1.44 bits per heavy atom. The third-order valence-electron chi connectivity index (χ3n) is 2.29. The average Bonchev–Trinajstić information content (AvgIpc) is 2.29. The molecule has 2 rings (SSSR count). The Balaban J connectivity index is 2.40. The molecule has 80 valence electrons. The average molecular weight is 212 g/mol. The lowest BCUT2D eigenvalue weighted by Gasteiger charge is -2.04. The minimum absolute atomic E-state index is 0.228. The molecule has 0 atom stereocenters. The Morgan fingerprint density at radius 2 is 2.25 bits per heavy atom. The van der Waals surface area contributed by atoms with Gasteiger partial charge in [0.15, 0.2) is 0 Å². The summed E-state index contributed by atoms with van der Waals surface area (Å²) in [7, 11) is 0. The fourth-order valence-corrected chi connectivity index (χ4v) is 1.49. The summed E-state index contributed by atoms with van der Waals surface area (Å²) in [4.78, 5) is 15.4. The maximum atomic E-state index is 11.1. The van der Waals surface area contributed by atoms with E-state index < -0.39 is 0 Å². The first-order valence-electron chi connectivity index (χ1n) is 4.99. The summed E-state index contributed by atoms with van der Waals surface area (Å²) in [6.45, 7) is 5.42. The monoisotopic (exact) mass is 212 g/mol. The minimum atomic E-state index is -0.228. The zero-order valence-electron chi connectivity index (χ0n) is 9.03. The summed E-state index contributed by atoms with van der Waals surface area (Å²) in [5.74, 6) is -0.228. The van der Waals surface area contributed by atoms with E-state index in [0.717, 1.165) is 10.9 Å². The van der Waals surface area contributed by atoms with Crippen LogP contribution in [0.25, 0.3) is 10.9 Å². The molecule has 0 aliphatic rings. The number of hydrogen-bond donors (Lipinski definition) is 1. The first-order valence-corrected chi connectivity index (χ1v) is 4.99. The van der Waals surface area contributed by atoms with Crippen LogP contribution < -0.4 is 5.32 Å². The zero-order chi connectivity index (χ0) is 11.5. The van der Waals surface area contributed by atoms with Gasteiger partial charge in [-0.25, -0.2) is 0 Å². The normalized spacial score (nSPS) is 10.1. The number of amides is 1. The van der Waals surface area contributed by atoms with Crippen LogP contribution >= 0.6 is 0 Å². The van der Waals surface area contributed by atoms with Gasteiger partial charge in [-0.15, -0.1) is 0 Å². The van der Waals surface area contributed by atoms with Crippen molar-refractivity contribution >= 4 is 22.5 Å². The Bertz CT molecular complexity index is 561. The second-order valence-corrected chi connectivity index (χ2v) is 3.61. The molecule has 0 saturated heterocycles. The van der Waals surface area contributed by atoms with Crippen molar-refractivity contribution in [2.45, 2.75) is 6.92 Å². The molecule has 0 aliphatic carbocycles. The molecule has 3 heteroatoms. The minimum Gasteiger partial charge on any atom is -0.321 e. The standard InChI is InChI=1S/C13H12N2O/c1-3-13(16)15-11-7-10-5-4-9(2)6-12(10)14-8-11/h3-8H,1H2,2H3,(H,15,16). The largest absolute Gasteiger partial charge is 0.321 e. The summed E-state index contributed by atoms with van der Waals surface area (Å²) >= 11 is 0. The van der Waals surface area contributed by atoms with Gasteiger partial charge in [-0.05, 0) is 30.7 Å². The van der Waals surface area contributed by atoms with Crippen molar-refractivity contribution in [1.82, 2.24) is 4.98 Å². The zero-order valence-corrected chi connectivity index (χ0v) is 9.03. The predicted octanol–water partition coefficient (Wildman–Crippen LogP) is 2.67. The van der Waals surface area contributed by atoms with E-state index in [1.54, 1.807) is 6.20 Å². The van der Waals surface area contributed by atoms with E-state index in [4.69, 9.17) is 0 Å². The van der Waals surface area contributed by atoms with E-state index in [9.17, 15) is 4.79 Å². The van der Waals surface area contributed by atoms with Gasteiger partial charge in [0.25, 0.3) is 0 Å². The molecule has 1 amide bonds. The molecule has 1 aromatic carbocycles. The third-order valence-corrected chi connectivity index (χ3v) is 2.29. The summed E-state index contributed by atoms with van der Waals surface area (Å²) in [5, 5.41) is 3.69. The van der Waals surface area contributed by atoms with Crippen molar-refractivity contribution in [1.29, 1.82) is 0 Å². The van der Waals surface area contributed by atoms with Crippen LogP contribution in [0.3, 0.4) is 0 Å². The van der Waals surface area contributed by atoms with Crippen molar-refractivity contribution in [3.05, 3.63) is 48.7 Å². The molecule has 0 spiro atoms. The highest BCUT2D eigenvalue weighted by Gasteiger charge is 2.00. The highest BCUT2D eigenvalue weighted by Crippen LogP contribution is 2.17. The first kappa shape index (κ1) is 10.4. The third kappa shape index (κ3) is 2.08. The topological polar surface area (TPSA) is 42.0 Å². The molecule has 0 fully saturated rings. The maximum Gasteiger partial charge on any atom is 0.247 e. The number of fused-ring (bicyclic) bond motifs is 1. The highest BCUT2D eigenvalue weighted by atomic mass is 16.1. The second kappa shape index (κ2) is 4.14. The smallest absolute Gasteiger partial charge is 0.247 e. The van der Waals surface area contributed by atoms with Crippen LogP contribution in [-0.4, -0.2) is 10.9 Å². The van der Waals surface area contributed by atoms with Crippen LogP contribution in [0, 0.1) is 6.92 Å². The predicted molar refractivity (Wildman–Crippen MR) is 65.3 cm³/mol. The van der Waals surface area contributed by atoms with Gasteiger partial charge in [-0.2, -0.15) is 0 Å². The summed E-state index contributed by atoms with van der Waals surface area (Å²) in [5.41, 5.74) is 2.78. The van der Waals surface area contributed by atoms with E-state index in [-0.39, 0.29) is 5.91 Å². The van der Waals surface area contributed by atoms with Crippen LogP contribution in [0.5, 0.6) is 0 Å². The Kier molecular flexibility index (Phi) is 2.68. The lowest BCUT2D eigenvalue weighted by atomic mass is 10.1. The molecule has 1 N–H and O–H groups in total. The van der Waals surface area contributed by atoms with Gasteiger partial charge >= 0.3 is 0 Å². The van der Waals surface area contributed by atoms with Gasteiger partial charge in [0.2, 0.25) is 5.91 Å². The summed E-state index contributed by atoms with van der Waals surface area (Å²) < 4.78 is 0. The lowest BCUT2D eigenvalue weighted by Crippen LogP contribution is -2.07. The number of nitrogens with one attached hydrogen (secondary N) is 1. The van der Waals surface area contributed by atoms with Crippen LogP contribution in [0.15, 0.2) is 43.1 Å². The maximum absolute atomic E-state index is 11.1. The van der Waals surface area contributed by atoms with Crippen LogP contribution in [0.1, 0.15) is 5.56 Å². The number of carbonyl (C=O) groups excluding carboxylic acids is 1. The second-order valence-electron chi connectivity index (χ2n) is 3.61. The van der Waals surface area contributed by atoms with Gasteiger partial charge in [-0.1, -0.05) is 18.7 Å². The van der Waals surface area contributed by atoms with E-state index in [1.165, 1.54) is 11.6 Å². The highest BCUT2D eigenvalue weighted by molar-refractivity contribution is 5.99. The summed E-state index contributed by atoms with van der Waals surface area (Å²) in [6.07, 6.45) is 2.88. The van der Waals surface area contributed by atoms with Crippen molar-refractivity contribution in [2.24, 2.45) is 0 Å². The number of hydrogen-bond acceptors (Lipinski definition) is 2. The van der Waals surface area contributed by atoms with Gasteiger partial charge in [0.05, 0.1) is 17.4 Å². The number of anilines is 1. The van der Waals surface area contributed by atoms with Crippen molar-refractivity contribution < 1.29 is 4.79 Å². The number of benzene rings is 1. The van der Waals surface area contributed by atoms with Gasteiger partial charge in [0, 0.05) is 5.39 Å². The number of aromatic nitrogens is 1. The van der Waals surface area contributed by atoms with Crippen LogP contribution in [0.2, 0.25) is 0 Å². The molecule has 0 saturated carbocycles. The van der Waals surface area contributed by atoms with Gasteiger partial charge in [-0.3, -0.25) is 9.78 Å².